The summed E-state index contributed by atoms with van der Waals surface area (Å²) < 4.78 is 31.4. The summed E-state index contributed by atoms with van der Waals surface area (Å²) in [6, 6.07) is 8.20. The van der Waals surface area contributed by atoms with Crippen molar-refractivity contribution in [1.29, 1.82) is 0 Å². The molecule has 1 aromatic heterocycles. The van der Waals surface area contributed by atoms with Crippen LogP contribution in [0.3, 0.4) is 0 Å². The van der Waals surface area contributed by atoms with E-state index in [4.69, 9.17) is 4.52 Å². The summed E-state index contributed by atoms with van der Waals surface area (Å²) in [7, 11) is 0. The van der Waals surface area contributed by atoms with Gasteiger partial charge in [0.25, 0.3) is 5.92 Å². The highest BCUT2D eigenvalue weighted by atomic mass is 35.5. The lowest BCUT2D eigenvalue weighted by Gasteiger charge is -2.14. The van der Waals surface area contributed by atoms with Gasteiger partial charge in [-0.15, -0.1) is 12.4 Å². The number of benzene rings is 1. The van der Waals surface area contributed by atoms with E-state index in [-0.39, 0.29) is 18.3 Å². The Morgan fingerprint density at radius 1 is 1.44 bits per heavy atom. The zero-order valence-corrected chi connectivity index (χ0v) is 14.4. The summed E-state index contributed by atoms with van der Waals surface area (Å²) in [6.07, 6.45) is 0.00997. The quantitative estimate of drug-likeness (QED) is 0.841. The molecule has 2 heterocycles. The normalized spacial score (nSPS) is 19.9. The van der Waals surface area contributed by atoms with E-state index in [0.717, 1.165) is 5.56 Å². The van der Waals surface area contributed by atoms with Crippen LogP contribution in [0.25, 0.3) is 0 Å². The number of carbonyl (C=O) groups excluding carboxylic acids is 1. The fourth-order valence-corrected chi connectivity index (χ4v) is 2.57. The molecule has 0 radical (unpaired) electrons. The minimum Gasteiger partial charge on any atom is -0.343 e. The highest BCUT2D eigenvalue weighted by Gasteiger charge is 2.42. The average Bonchev–Trinajstić information content (AvgIpc) is 3.15. The second-order valence-corrected chi connectivity index (χ2v) is 5.94. The van der Waals surface area contributed by atoms with Crippen LogP contribution in [0.2, 0.25) is 0 Å². The van der Waals surface area contributed by atoms with E-state index in [1.165, 1.54) is 0 Å². The Morgan fingerprint density at radius 3 is 2.80 bits per heavy atom. The van der Waals surface area contributed by atoms with Crippen LogP contribution in [0, 0.1) is 0 Å². The van der Waals surface area contributed by atoms with E-state index in [1.807, 2.05) is 30.3 Å². The highest BCUT2D eigenvalue weighted by molar-refractivity contribution is 5.85. The number of halogens is 3. The van der Waals surface area contributed by atoms with E-state index in [9.17, 15) is 13.6 Å². The molecule has 0 spiro atoms. The molecule has 1 aromatic carbocycles. The van der Waals surface area contributed by atoms with Gasteiger partial charge >= 0.3 is 0 Å². The second-order valence-electron chi connectivity index (χ2n) is 5.94. The number of carbonyl (C=O) groups is 1. The molecule has 6 nitrogen and oxygen atoms in total. The molecule has 1 fully saturated rings. The molecular weight excluding hydrogens is 354 g/mol. The minimum atomic E-state index is -2.85. The monoisotopic (exact) mass is 372 g/mol. The fraction of sp³-hybridized carbons (Fsp3) is 0.438. The summed E-state index contributed by atoms with van der Waals surface area (Å²) in [5, 5.41) is 9.02. The largest absolute Gasteiger partial charge is 0.343 e. The summed E-state index contributed by atoms with van der Waals surface area (Å²) in [4.78, 5) is 16.3. The molecule has 2 N–H and O–H groups in total. The van der Waals surface area contributed by atoms with Crippen molar-refractivity contribution in [2.75, 3.05) is 6.54 Å². The molecule has 1 amide bonds. The summed E-state index contributed by atoms with van der Waals surface area (Å²) >= 11 is 0. The number of hydrogen-bond acceptors (Lipinski definition) is 5. The van der Waals surface area contributed by atoms with Gasteiger partial charge in [-0.1, -0.05) is 35.5 Å². The average molecular weight is 373 g/mol. The molecule has 1 saturated heterocycles. The number of nitrogens with one attached hydrogen (secondary N) is 2. The Balaban J connectivity index is 0.00000225. The lowest BCUT2D eigenvalue weighted by Crippen LogP contribution is -2.41. The van der Waals surface area contributed by atoms with Crippen molar-refractivity contribution in [3.05, 3.63) is 47.6 Å². The molecule has 136 valence electrons. The molecule has 0 saturated carbocycles. The zero-order chi connectivity index (χ0) is 17.2. The molecule has 3 rings (SSSR count). The van der Waals surface area contributed by atoms with Gasteiger partial charge < -0.3 is 9.84 Å². The maximum absolute atomic E-state index is 13.1. The van der Waals surface area contributed by atoms with Crippen LogP contribution in [0.1, 0.15) is 36.7 Å². The van der Waals surface area contributed by atoms with Gasteiger partial charge in [-0.2, -0.15) is 4.98 Å². The third kappa shape index (κ3) is 4.96. The van der Waals surface area contributed by atoms with E-state index < -0.39 is 36.9 Å². The van der Waals surface area contributed by atoms with Crippen molar-refractivity contribution >= 4 is 18.3 Å². The first kappa shape index (κ1) is 19.3. The van der Waals surface area contributed by atoms with Crippen LogP contribution in [0.5, 0.6) is 0 Å². The number of hydrogen-bond donors (Lipinski definition) is 2. The third-order valence-corrected chi connectivity index (χ3v) is 3.84. The van der Waals surface area contributed by atoms with Crippen LogP contribution in [0.4, 0.5) is 8.78 Å². The number of rotatable bonds is 5. The van der Waals surface area contributed by atoms with Crippen LogP contribution >= 0.6 is 12.4 Å². The maximum Gasteiger partial charge on any atom is 0.262 e. The molecule has 9 heteroatoms. The smallest absolute Gasteiger partial charge is 0.262 e. The molecular formula is C16H19ClF2N4O2. The summed E-state index contributed by atoms with van der Waals surface area (Å²) in [6.45, 7) is 1.19. The van der Waals surface area contributed by atoms with Crippen LogP contribution in [-0.2, 0) is 11.2 Å². The Morgan fingerprint density at radius 2 is 2.16 bits per heavy atom. The van der Waals surface area contributed by atoms with Gasteiger partial charge in [0.05, 0.1) is 12.6 Å². The van der Waals surface area contributed by atoms with Crippen molar-refractivity contribution in [1.82, 2.24) is 20.8 Å². The minimum absolute atomic E-state index is 0. The second kappa shape index (κ2) is 7.88. The number of alkyl halides is 2. The molecule has 2 aromatic rings. The fourth-order valence-electron chi connectivity index (χ4n) is 2.57. The Bertz CT molecular complexity index is 711. The first-order chi connectivity index (χ1) is 11.4. The van der Waals surface area contributed by atoms with Crippen LogP contribution in [-0.4, -0.2) is 34.6 Å². The van der Waals surface area contributed by atoms with Gasteiger partial charge in [-0.05, 0) is 12.5 Å². The van der Waals surface area contributed by atoms with Crippen molar-refractivity contribution in [2.24, 2.45) is 0 Å². The van der Waals surface area contributed by atoms with Gasteiger partial charge in [-0.3, -0.25) is 10.1 Å². The molecule has 0 aliphatic carbocycles. The van der Waals surface area contributed by atoms with Gasteiger partial charge in [-0.25, -0.2) is 8.78 Å². The molecule has 1 aliphatic heterocycles. The van der Waals surface area contributed by atoms with E-state index >= 15 is 0 Å². The lowest BCUT2D eigenvalue weighted by atomic mass is 10.1. The summed E-state index contributed by atoms with van der Waals surface area (Å²) in [5.74, 6) is -2.59. The predicted molar refractivity (Wildman–Crippen MR) is 88.7 cm³/mol. The zero-order valence-electron chi connectivity index (χ0n) is 13.5. The van der Waals surface area contributed by atoms with Gasteiger partial charge in [0, 0.05) is 12.8 Å². The van der Waals surface area contributed by atoms with Gasteiger partial charge in [0.1, 0.15) is 6.04 Å². The van der Waals surface area contributed by atoms with Crippen molar-refractivity contribution in [3.8, 4) is 0 Å². The van der Waals surface area contributed by atoms with E-state index in [2.05, 4.69) is 20.8 Å². The molecule has 2 atom stereocenters. The van der Waals surface area contributed by atoms with Gasteiger partial charge in [0.15, 0.2) is 5.82 Å². The maximum atomic E-state index is 13.1. The SMILES string of the molecule is CC(NC(=O)C1CC(F)(F)CN1)c1nc(Cc2ccccc2)no1.Cl. The number of aromatic nitrogens is 2. The van der Waals surface area contributed by atoms with Crippen molar-refractivity contribution in [2.45, 2.75) is 37.8 Å². The Hall–Kier alpha value is -2.06. The van der Waals surface area contributed by atoms with Crippen molar-refractivity contribution < 1.29 is 18.1 Å². The van der Waals surface area contributed by atoms with E-state index in [1.54, 1.807) is 6.92 Å². The summed E-state index contributed by atoms with van der Waals surface area (Å²) in [5.41, 5.74) is 1.04. The lowest BCUT2D eigenvalue weighted by molar-refractivity contribution is -0.124. The Labute approximate surface area is 149 Å². The van der Waals surface area contributed by atoms with Crippen molar-refractivity contribution in [3.63, 3.8) is 0 Å². The van der Waals surface area contributed by atoms with E-state index in [0.29, 0.717) is 12.2 Å². The van der Waals surface area contributed by atoms with Crippen LogP contribution in [0.15, 0.2) is 34.9 Å². The Kier molecular flexibility index (Phi) is 6.07. The first-order valence-corrected chi connectivity index (χ1v) is 7.71. The molecule has 0 bridgehead atoms. The predicted octanol–water partition coefficient (Wildman–Crippen LogP) is 2.26. The number of amides is 1. The number of nitrogens with zero attached hydrogens (tertiary/aromatic N) is 2. The highest BCUT2D eigenvalue weighted by Crippen LogP contribution is 2.25. The standard InChI is InChI=1S/C16H18F2N4O2.ClH/c1-10(20-14(23)12-8-16(17,18)9-19-12)15-21-13(22-24-15)7-11-5-3-2-4-6-11;/h2-6,10,12,19H,7-9H2,1H3,(H,20,23);1H. The molecule has 2 unspecified atom stereocenters. The topological polar surface area (TPSA) is 80.0 Å². The van der Waals surface area contributed by atoms with Gasteiger partial charge in [0.2, 0.25) is 11.8 Å². The first-order valence-electron chi connectivity index (χ1n) is 7.71. The molecule has 25 heavy (non-hydrogen) atoms. The molecule has 1 aliphatic rings. The third-order valence-electron chi connectivity index (χ3n) is 3.84. The van der Waals surface area contributed by atoms with Crippen LogP contribution < -0.4 is 10.6 Å².